The van der Waals surface area contributed by atoms with Crippen molar-refractivity contribution < 1.29 is 23.8 Å². The van der Waals surface area contributed by atoms with Gasteiger partial charge >= 0.3 is 5.97 Å². The second-order valence-corrected chi connectivity index (χ2v) is 11.4. The van der Waals surface area contributed by atoms with Gasteiger partial charge in [-0.2, -0.15) is 0 Å². The molecule has 2 fully saturated rings. The molecule has 2 aromatic heterocycles. The number of carbonyl (C=O) groups is 2. The van der Waals surface area contributed by atoms with Crippen LogP contribution in [0.4, 0.5) is 0 Å². The lowest BCUT2D eigenvalue weighted by Gasteiger charge is -2.18. The van der Waals surface area contributed by atoms with E-state index in [9.17, 15) is 9.59 Å². The normalized spacial score (nSPS) is 15.2. The topological polar surface area (TPSA) is 139 Å². The lowest BCUT2D eigenvalue weighted by Crippen LogP contribution is -2.17. The van der Waals surface area contributed by atoms with Crippen molar-refractivity contribution in [2.75, 3.05) is 27.4 Å². The van der Waals surface area contributed by atoms with Crippen molar-refractivity contribution >= 4 is 11.8 Å². The smallest absolute Gasteiger partial charge is 0.341 e. The van der Waals surface area contributed by atoms with Crippen LogP contribution in [0.3, 0.4) is 0 Å². The Hall–Kier alpha value is -4.70. The van der Waals surface area contributed by atoms with Gasteiger partial charge in [0.2, 0.25) is 0 Å². The van der Waals surface area contributed by atoms with Crippen LogP contribution < -0.4 is 15.2 Å². The molecule has 2 aliphatic rings. The van der Waals surface area contributed by atoms with Gasteiger partial charge in [0, 0.05) is 59.6 Å². The number of benzene rings is 2. The zero-order valence-corrected chi connectivity index (χ0v) is 26.0. The standard InChI is InChI=1S/C18H20N2O3.C17H19N3O2/c1-3-23-17(21)13-11-19-16(20-12-13)10-18(8-9-18)14-6-4-5-7-15(14)22-2;1-22-15-5-3-2-4-13(15)17(6-7-17)8-16-19-10-12(11-20-16)14(21)9-18/h4-7,11-12H,3,8-10H2,1-2H3;2-5,10-11H,6-9,18H2,1H3. The first-order valence-corrected chi connectivity index (χ1v) is 15.2. The quantitative estimate of drug-likeness (QED) is 0.175. The molecule has 0 bridgehead atoms. The summed E-state index contributed by atoms with van der Waals surface area (Å²) in [6.45, 7) is 2.10. The summed E-state index contributed by atoms with van der Waals surface area (Å²) in [5.74, 6) is 2.78. The number of para-hydroxylation sites is 2. The molecule has 0 radical (unpaired) electrons. The highest BCUT2D eigenvalue weighted by Crippen LogP contribution is 2.54. The van der Waals surface area contributed by atoms with E-state index in [1.165, 1.54) is 11.1 Å². The first-order valence-electron chi connectivity index (χ1n) is 15.2. The molecule has 4 aromatic rings. The summed E-state index contributed by atoms with van der Waals surface area (Å²) in [6.07, 6.45) is 12.1. The van der Waals surface area contributed by atoms with E-state index in [2.05, 4.69) is 32.1 Å². The largest absolute Gasteiger partial charge is 0.496 e. The van der Waals surface area contributed by atoms with E-state index in [-0.39, 0.29) is 29.1 Å². The predicted octanol–water partition coefficient (Wildman–Crippen LogP) is 4.84. The van der Waals surface area contributed by atoms with Gasteiger partial charge in [-0.3, -0.25) is 4.79 Å². The van der Waals surface area contributed by atoms with Crippen LogP contribution in [0, 0.1) is 0 Å². The molecule has 0 unspecified atom stereocenters. The van der Waals surface area contributed by atoms with Crippen LogP contribution in [0.1, 0.15) is 76.1 Å². The van der Waals surface area contributed by atoms with Gasteiger partial charge in [-0.05, 0) is 44.7 Å². The van der Waals surface area contributed by atoms with E-state index in [1.807, 2.05) is 36.4 Å². The Morgan fingerprint density at radius 2 is 1.13 bits per heavy atom. The van der Waals surface area contributed by atoms with Crippen LogP contribution in [-0.4, -0.2) is 59.1 Å². The molecule has 2 aromatic carbocycles. The zero-order valence-electron chi connectivity index (χ0n) is 26.0. The summed E-state index contributed by atoms with van der Waals surface area (Å²) in [6, 6.07) is 16.2. The van der Waals surface area contributed by atoms with Gasteiger partial charge in [0.25, 0.3) is 0 Å². The average molecular weight is 610 g/mol. The lowest BCUT2D eigenvalue weighted by molar-refractivity contribution is 0.0525. The summed E-state index contributed by atoms with van der Waals surface area (Å²) in [5, 5.41) is 0. The number of nitrogens with zero attached hydrogens (tertiary/aromatic N) is 4. The Labute approximate surface area is 263 Å². The molecule has 234 valence electrons. The number of Topliss-reactive ketones (excluding diaryl/α,β-unsaturated/α-hetero) is 1. The number of aromatic nitrogens is 4. The van der Waals surface area contributed by atoms with Gasteiger partial charge in [0.05, 0.1) is 38.5 Å². The molecule has 2 saturated carbocycles. The molecule has 6 rings (SSSR count). The summed E-state index contributed by atoms with van der Waals surface area (Å²) < 4.78 is 15.9. The van der Waals surface area contributed by atoms with Gasteiger partial charge < -0.3 is 19.9 Å². The SMILES string of the molecule is CCOC(=O)c1cnc(CC2(c3ccccc3OC)CC2)nc1.COc1ccccc1C1(Cc2ncc(C(=O)CN)cn2)CC1. The molecule has 10 nitrogen and oxygen atoms in total. The molecule has 0 spiro atoms. The summed E-state index contributed by atoms with van der Waals surface area (Å²) in [4.78, 5) is 40.5. The highest BCUT2D eigenvalue weighted by Gasteiger charge is 2.47. The van der Waals surface area contributed by atoms with Crippen molar-refractivity contribution in [1.82, 2.24) is 19.9 Å². The van der Waals surface area contributed by atoms with Crippen molar-refractivity contribution in [3.8, 4) is 11.5 Å². The van der Waals surface area contributed by atoms with Crippen LogP contribution >= 0.6 is 0 Å². The number of rotatable bonds is 12. The minimum atomic E-state index is -0.384. The number of methoxy groups -OCH3 is 2. The van der Waals surface area contributed by atoms with E-state index in [1.54, 1.807) is 45.9 Å². The van der Waals surface area contributed by atoms with Crippen molar-refractivity contribution in [2.45, 2.75) is 56.3 Å². The zero-order chi connectivity index (χ0) is 31.9. The number of hydrogen-bond donors (Lipinski definition) is 1. The van der Waals surface area contributed by atoms with E-state index in [4.69, 9.17) is 19.9 Å². The third-order valence-electron chi connectivity index (χ3n) is 8.49. The van der Waals surface area contributed by atoms with Crippen LogP contribution in [0.5, 0.6) is 11.5 Å². The number of ether oxygens (including phenoxy) is 3. The number of hydrogen-bond acceptors (Lipinski definition) is 10. The molecule has 2 heterocycles. The molecule has 10 heteroatoms. The van der Waals surface area contributed by atoms with Crippen LogP contribution in [-0.2, 0) is 28.4 Å². The van der Waals surface area contributed by atoms with E-state index in [0.29, 0.717) is 17.7 Å². The molecule has 2 aliphatic carbocycles. The molecular formula is C35H39N5O5. The Morgan fingerprint density at radius 1 is 0.711 bits per heavy atom. The third-order valence-corrected chi connectivity index (χ3v) is 8.49. The maximum absolute atomic E-state index is 11.6. The molecular weight excluding hydrogens is 570 g/mol. The maximum Gasteiger partial charge on any atom is 0.341 e. The fourth-order valence-electron chi connectivity index (χ4n) is 5.63. The van der Waals surface area contributed by atoms with Gasteiger partial charge in [-0.25, -0.2) is 24.7 Å². The Morgan fingerprint density at radius 3 is 1.51 bits per heavy atom. The van der Waals surface area contributed by atoms with E-state index < -0.39 is 0 Å². The third kappa shape index (κ3) is 7.34. The highest BCUT2D eigenvalue weighted by atomic mass is 16.5. The number of ketones is 1. The van der Waals surface area contributed by atoms with Crippen molar-refractivity contribution in [3.05, 3.63) is 107 Å². The van der Waals surface area contributed by atoms with E-state index >= 15 is 0 Å². The molecule has 0 aliphatic heterocycles. The van der Waals surface area contributed by atoms with Crippen molar-refractivity contribution in [3.63, 3.8) is 0 Å². The number of esters is 1. The molecule has 0 amide bonds. The monoisotopic (exact) mass is 609 g/mol. The lowest BCUT2D eigenvalue weighted by atomic mass is 9.91. The van der Waals surface area contributed by atoms with Crippen LogP contribution in [0.15, 0.2) is 73.3 Å². The Kier molecular flexibility index (Phi) is 9.83. The van der Waals surface area contributed by atoms with Gasteiger partial charge in [-0.1, -0.05) is 36.4 Å². The molecule has 0 saturated heterocycles. The summed E-state index contributed by atoms with van der Waals surface area (Å²) in [7, 11) is 3.39. The van der Waals surface area contributed by atoms with Crippen molar-refractivity contribution in [2.24, 2.45) is 5.73 Å². The first kappa shape index (κ1) is 31.7. The average Bonchev–Trinajstić information content (AvgIpc) is 4.03. The van der Waals surface area contributed by atoms with Crippen LogP contribution in [0.25, 0.3) is 0 Å². The molecule has 0 atom stereocenters. The number of carbonyl (C=O) groups excluding carboxylic acids is 2. The minimum absolute atomic E-state index is 0.0200. The van der Waals surface area contributed by atoms with Gasteiger partial charge in [0.1, 0.15) is 23.1 Å². The second kappa shape index (κ2) is 13.9. The highest BCUT2D eigenvalue weighted by molar-refractivity contribution is 5.96. The molecule has 45 heavy (non-hydrogen) atoms. The van der Waals surface area contributed by atoms with Gasteiger partial charge in [-0.15, -0.1) is 0 Å². The fourth-order valence-corrected chi connectivity index (χ4v) is 5.63. The summed E-state index contributed by atoms with van der Waals surface area (Å²) >= 11 is 0. The first-order chi connectivity index (χ1) is 21.9. The van der Waals surface area contributed by atoms with Gasteiger partial charge in [0.15, 0.2) is 5.78 Å². The Balaban J connectivity index is 0.000000178. The van der Waals surface area contributed by atoms with E-state index in [0.717, 1.165) is 61.7 Å². The predicted molar refractivity (Wildman–Crippen MR) is 169 cm³/mol. The number of nitrogens with two attached hydrogens (primary N) is 1. The molecule has 2 N–H and O–H groups in total. The van der Waals surface area contributed by atoms with Crippen molar-refractivity contribution in [1.29, 1.82) is 0 Å². The summed E-state index contributed by atoms with van der Waals surface area (Å²) in [5.41, 5.74) is 8.73. The minimum Gasteiger partial charge on any atom is -0.496 e. The fraction of sp³-hybridized carbons (Fsp3) is 0.371. The van der Waals surface area contributed by atoms with Crippen LogP contribution in [0.2, 0.25) is 0 Å². The Bertz CT molecular complexity index is 1620. The maximum atomic E-state index is 11.6. The second-order valence-electron chi connectivity index (χ2n) is 11.4.